The number of ether oxygens (including phenoxy) is 1. The maximum atomic E-state index is 12.6. The maximum absolute atomic E-state index is 12.6. The van der Waals surface area contributed by atoms with E-state index in [0.717, 1.165) is 16.7 Å². The molecule has 0 atom stereocenters. The van der Waals surface area contributed by atoms with Crippen molar-refractivity contribution in [3.63, 3.8) is 0 Å². The molecule has 3 N–H and O–H groups in total. The van der Waals surface area contributed by atoms with Crippen molar-refractivity contribution in [1.82, 2.24) is 15.4 Å². The van der Waals surface area contributed by atoms with Crippen LogP contribution in [0.25, 0.3) is 0 Å². The van der Waals surface area contributed by atoms with Crippen molar-refractivity contribution in [2.45, 2.75) is 20.8 Å². The van der Waals surface area contributed by atoms with Gasteiger partial charge in [0, 0.05) is 5.69 Å². The molecule has 0 spiro atoms. The molecule has 2 amide bonds. The topological polar surface area (TPSA) is 105 Å². The molecule has 9 heteroatoms. The number of halogens is 1. The molecule has 2 aromatic carbocycles. The number of carbonyl (C=O) groups is 2. The van der Waals surface area contributed by atoms with Crippen molar-refractivity contribution in [2.75, 3.05) is 17.3 Å². The van der Waals surface area contributed by atoms with Crippen molar-refractivity contribution in [3.05, 3.63) is 76.1 Å². The standard InChI is InChI=1S/C22H22ClN5O3/c1-13-4-7-16(8-5-13)31-12-19(29)27-28-22-24-11-17(23)20(26-22)21(30)25-18-9-6-14(2)10-15(18)3/h4-11H,12H2,1-3H3,(H,25,30)(H,27,29)(H,24,26,28). The third-order valence-electron chi connectivity index (χ3n) is 4.29. The van der Waals surface area contributed by atoms with Gasteiger partial charge in [-0.2, -0.15) is 0 Å². The Bertz CT molecular complexity index is 1100. The molecule has 0 unspecified atom stereocenters. The highest BCUT2D eigenvalue weighted by Gasteiger charge is 2.16. The van der Waals surface area contributed by atoms with E-state index in [4.69, 9.17) is 16.3 Å². The lowest BCUT2D eigenvalue weighted by Gasteiger charge is -2.11. The lowest BCUT2D eigenvalue weighted by Crippen LogP contribution is -2.34. The highest BCUT2D eigenvalue weighted by molar-refractivity contribution is 6.34. The van der Waals surface area contributed by atoms with Crippen LogP contribution in [-0.4, -0.2) is 28.4 Å². The van der Waals surface area contributed by atoms with Crippen LogP contribution < -0.4 is 20.9 Å². The fourth-order valence-corrected chi connectivity index (χ4v) is 2.84. The van der Waals surface area contributed by atoms with Gasteiger partial charge in [-0.25, -0.2) is 9.97 Å². The molecule has 0 saturated heterocycles. The molecule has 0 aliphatic rings. The smallest absolute Gasteiger partial charge is 0.276 e. The Hall–Kier alpha value is -3.65. The molecule has 0 fully saturated rings. The predicted molar refractivity (Wildman–Crippen MR) is 119 cm³/mol. The molecule has 0 aliphatic carbocycles. The zero-order chi connectivity index (χ0) is 22.4. The van der Waals surface area contributed by atoms with Crippen LogP contribution in [-0.2, 0) is 4.79 Å². The molecule has 8 nitrogen and oxygen atoms in total. The van der Waals surface area contributed by atoms with Gasteiger partial charge in [0.25, 0.3) is 11.8 Å². The van der Waals surface area contributed by atoms with Gasteiger partial charge in [-0.1, -0.05) is 47.0 Å². The minimum atomic E-state index is -0.489. The molecule has 0 saturated carbocycles. The third-order valence-corrected chi connectivity index (χ3v) is 4.57. The Morgan fingerprint density at radius 3 is 2.45 bits per heavy atom. The number of aromatic nitrogens is 2. The first-order valence-electron chi connectivity index (χ1n) is 9.47. The minimum absolute atomic E-state index is 0.0128. The average molecular weight is 440 g/mol. The molecule has 160 valence electrons. The van der Waals surface area contributed by atoms with Gasteiger partial charge in [-0.05, 0) is 44.5 Å². The van der Waals surface area contributed by atoms with Crippen LogP contribution in [0.2, 0.25) is 5.02 Å². The number of hydrogen-bond donors (Lipinski definition) is 3. The van der Waals surface area contributed by atoms with Crippen LogP contribution in [0, 0.1) is 20.8 Å². The first-order chi connectivity index (χ1) is 14.8. The second kappa shape index (κ2) is 9.90. The SMILES string of the molecule is Cc1ccc(OCC(=O)NNc2ncc(Cl)c(C(=O)Nc3ccc(C)cc3C)n2)cc1. The van der Waals surface area contributed by atoms with E-state index in [1.54, 1.807) is 12.1 Å². The Morgan fingerprint density at radius 1 is 1.03 bits per heavy atom. The summed E-state index contributed by atoms with van der Waals surface area (Å²) in [5.74, 6) is -0.343. The second-order valence-electron chi connectivity index (χ2n) is 6.94. The van der Waals surface area contributed by atoms with Crippen LogP contribution >= 0.6 is 11.6 Å². The minimum Gasteiger partial charge on any atom is -0.484 e. The molecular formula is C22H22ClN5O3. The Kier molecular flexibility index (Phi) is 7.04. The lowest BCUT2D eigenvalue weighted by atomic mass is 10.1. The van der Waals surface area contributed by atoms with E-state index in [9.17, 15) is 9.59 Å². The summed E-state index contributed by atoms with van der Waals surface area (Å²) in [6.07, 6.45) is 1.28. The number of nitrogens with zero attached hydrogens (tertiary/aromatic N) is 2. The number of anilines is 2. The number of hydrazine groups is 1. The lowest BCUT2D eigenvalue weighted by molar-refractivity contribution is -0.122. The normalized spacial score (nSPS) is 10.3. The van der Waals surface area contributed by atoms with E-state index in [-0.39, 0.29) is 23.3 Å². The van der Waals surface area contributed by atoms with Crippen LogP contribution in [0.3, 0.4) is 0 Å². The number of carbonyl (C=O) groups excluding carboxylic acids is 2. The molecule has 1 heterocycles. The molecule has 0 aliphatic heterocycles. The van der Waals surface area contributed by atoms with Crippen molar-refractivity contribution >= 4 is 35.1 Å². The van der Waals surface area contributed by atoms with Gasteiger partial charge >= 0.3 is 0 Å². The summed E-state index contributed by atoms with van der Waals surface area (Å²) in [5, 5.41) is 2.87. The summed E-state index contributed by atoms with van der Waals surface area (Å²) in [7, 11) is 0. The summed E-state index contributed by atoms with van der Waals surface area (Å²) in [6, 6.07) is 13.0. The monoisotopic (exact) mass is 439 g/mol. The van der Waals surface area contributed by atoms with Gasteiger partial charge in [-0.15, -0.1) is 0 Å². The number of aryl methyl sites for hydroxylation is 3. The van der Waals surface area contributed by atoms with Crippen molar-refractivity contribution in [1.29, 1.82) is 0 Å². The quantitative estimate of drug-likeness (QED) is 0.483. The summed E-state index contributed by atoms with van der Waals surface area (Å²) in [6.45, 7) is 5.62. The highest BCUT2D eigenvalue weighted by atomic mass is 35.5. The number of nitrogens with one attached hydrogen (secondary N) is 3. The molecular weight excluding hydrogens is 418 g/mol. The molecule has 3 rings (SSSR count). The Balaban J connectivity index is 1.59. The Morgan fingerprint density at radius 2 is 1.74 bits per heavy atom. The largest absolute Gasteiger partial charge is 0.484 e. The van der Waals surface area contributed by atoms with Gasteiger partial charge in [0.15, 0.2) is 12.3 Å². The molecule has 0 radical (unpaired) electrons. The van der Waals surface area contributed by atoms with Gasteiger partial charge in [0.1, 0.15) is 5.75 Å². The molecule has 3 aromatic rings. The maximum Gasteiger partial charge on any atom is 0.276 e. The second-order valence-corrected chi connectivity index (χ2v) is 7.34. The summed E-state index contributed by atoms with van der Waals surface area (Å²) in [4.78, 5) is 32.7. The van der Waals surface area contributed by atoms with Crippen molar-refractivity contribution in [2.24, 2.45) is 0 Å². The third kappa shape index (κ3) is 6.16. The van der Waals surface area contributed by atoms with Crippen LogP contribution in [0.4, 0.5) is 11.6 Å². The molecule has 31 heavy (non-hydrogen) atoms. The predicted octanol–water partition coefficient (Wildman–Crippen LogP) is 3.83. The molecule has 1 aromatic heterocycles. The van der Waals surface area contributed by atoms with Gasteiger partial charge in [0.2, 0.25) is 5.95 Å². The van der Waals surface area contributed by atoms with E-state index in [1.165, 1.54) is 6.20 Å². The fraction of sp³-hybridized carbons (Fsp3) is 0.182. The fourth-order valence-electron chi connectivity index (χ4n) is 2.67. The summed E-state index contributed by atoms with van der Waals surface area (Å²) >= 11 is 6.09. The van der Waals surface area contributed by atoms with Crippen LogP contribution in [0.5, 0.6) is 5.75 Å². The van der Waals surface area contributed by atoms with E-state index >= 15 is 0 Å². The van der Waals surface area contributed by atoms with Crippen LogP contribution in [0.15, 0.2) is 48.7 Å². The van der Waals surface area contributed by atoms with Crippen LogP contribution in [0.1, 0.15) is 27.2 Å². The highest BCUT2D eigenvalue weighted by Crippen LogP contribution is 2.20. The van der Waals surface area contributed by atoms with E-state index < -0.39 is 11.8 Å². The van der Waals surface area contributed by atoms with Crippen molar-refractivity contribution in [3.8, 4) is 5.75 Å². The van der Waals surface area contributed by atoms with E-state index in [1.807, 2.05) is 51.1 Å². The summed E-state index contributed by atoms with van der Waals surface area (Å²) in [5.41, 5.74) is 8.70. The Labute approximate surface area is 185 Å². The number of rotatable bonds is 7. The zero-order valence-electron chi connectivity index (χ0n) is 17.3. The van der Waals surface area contributed by atoms with E-state index in [2.05, 4.69) is 26.1 Å². The molecule has 0 bridgehead atoms. The first kappa shape index (κ1) is 22.0. The first-order valence-corrected chi connectivity index (χ1v) is 9.85. The van der Waals surface area contributed by atoms with Crippen molar-refractivity contribution < 1.29 is 14.3 Å². The number of amides is 2. The van der Waals surface area contributed by atoms with Gasteiger partial charge in [-0.3, -0.25) is 20.4 Å². The number of hydrogen-bond acceptors (Lipinski definition) is 6. The number of benzene rings is 2. The van der Waals surface area contributed by atoms with E-state index in [0.29, 0.717) is 11.4 Å². The van der Waals surface area contributed by atoms with Gasteiger partial charge < -0.3 is 10.1 Å². The average Bonchev–Trinajstić information content (AvgIpc) is 2.74. The van der Waals surface area contributed by atoms with Gasteiger partial charge in [0.05, 0.1) is 11.2 Å². The summed E-state index contributed by atoms with van der Waals surface area (Å²) < 4.78 is 5.40. The zero-order valence-corrected chi connectivity index (χ0v) is 18.1.